The minimum absolute atomic E-state index is 0. The average molecular weight is 421 g/mol. The van der Waals surface area contributed by atoms with Crippen molar-refractivity contribution in [2.24, 2.45) is 5.92 Å². The predicted molar refractivity (Wildman–Crippen MR) is 88.2 cm³/mol. The Bertz CT molecular complexity index is 650. The summed E-state index contributed by atoms with van der Waals surface area (Å²) >= 11 is 0. The molecule has 1 atom stereocenters. The molecule has 1 saturated heterocycles. The van der Waals surface area contributed by atoms with E-state index in [4.69, 9.17) is 0 Å². The van der Waals surface area contributed by atoms with Crippen molar-refractivity contribution in [3.05, 3.63) is 34.6 Å². The fourth-order valence-corrected chi connectivity index (χ4v) is 3.75. The molecule has 27 heavy (non-hydrogen) atoms. The molecule has 2 aliphatic rings. The van der Waals surface area contributed by atoms with Crippen LogP contribution in [-0.4, -0.2) is 31.1 Å². The van der Waals surface area contributed by atoms with Crippen LogP contribution in [-0.2, 0) is 12.4 Å². The zero-order valence-electron chi connectivity index (χ0n) is 14.3. The Kier molecular flexibility index (Phi) is 6.69. The van der Waals surface area contributed by atoms with Gasteiger partial charge >= 0.3 is 12.4 Å². The first-order valence-electron chi connectivity index (χ1n) is 8.51. The van der Waals surface area contributed by atoms with Crippen molar-refractivity contribution < 1.29 is 30.7 Å². The standard InChI is InChI=1S/C17H19F7N2.ClH/c18-13-9-11(16(19,20)21)8-12(17(22,23)24)14(13)15(10-2-1-3-10)26-6-4-25-5-7-26;/h8-10,15,25H,1-7H2;1H/t15-;/m0./s1. The van der Waals surface area contributed by atoms with Crippen molar-refractivity contribution in [2.75, 3.05) is 26.2 Å². The molecule has 3 rings (SSSR count). The van der Waals surface area contributed by atoms with E-state index in [1.807, 2.05) is 0 Å². The van der Waals surface area contributed by atoms with Gasteiger partial charge in [0, 0.05) is 37.8 Å². The number of piperazine rings is 1. The van der Waals surface area contributed by atoms with E-state index in [1.54, 1.807) is 4.90 Å². The second kappa shape index (κ2) is 8.13. The van der Waals surface area contributed by atoms with Gasteiger partial charge in [-0.25, -0.2) is 4.39 Å². The van der Waals surface area contributed by atoms with E-state index in [2.05, 4.69) is 5.32 Å². The highest BCUT2D eigenvalue weighted by Crippen LogP contribution is 2.47. The molecule has 0 aromatic heterocycles. The zero-order valence-corrected chi connectivity index (χ0v) is 15.1. The van der Waals surface area contributed by atoms with Crippen LogP contribution in [0.4, 0.5) is 30.7 Å². The lowest BCUT2D eigenvalue weighted by molar-refractivity contribution is -0.144. The number of hydrogen-bond acceptors (Lipinski definition) is 2. The third kappa shape index (κ3) is 4.68. The van der Waals surface area contributed by atoms with Gasteiger partial charge in [0.1, 0.15) is 5.82 Å². The minimum atomic E-state index is -5.06. The van der Waals surface area contributed by atoms with E-state index >= 15 is 0 Å². The van der Waals surface area contributed by atoms with Gasteiger partial charge in [0.15, 0.2) is 0 Å². The second-order valence-electron chi connectivity index (χ2n) is 6.84. The van der Waals surface area contributed by atoms with Crippen molar-refractivity contribution in [1.82, 2.24) is 10.2 Å². The van der Waals surface area contributed by atoms with Gasteiger partial charge in [0.25, 0.3) is 0 Å². The van der Waals surface area contributed by atoms with Crippen molar-refractivity contribution in [1.29, 1.82) is 0 Å². The Morgan fingerprint density at radius 1 is 0.963 bits per heavy atom. The number of nitrogens with zero attached hydrogens (tertiary/aromatic N) is 1. The van der Waals surface area contributed by atoms with Crippen LogP contribution < -0.4 is 5.32 Å². The van der Waals surface area contributed by atoms with E-state index in [1.165, 1.54) is 0 Å². The fourth-order valence-electron chi connectivity index (χ4n) is 3.75. The number of alkyl halides is 6. The number of nitrogens with one attached hydrogen (secondary N) is 1. The van der Waals surface area contributed by atoms with Crippen LogP contribution in [0.15, 0.2) is 12.1 Å². The predicted octanol–water partition coefficient (Wildman–Crippen LogP) is 5.03. The Hall–Kier alpha value is -1.06. The molecule has 10 heteroatoms. The van der Waals surface area contributed by atoms with Gasteiger partial charge in [0.05, 0.1) is 11.1 Å². The molecule has 2 nitrogen and oxygen atoms in total. The molecule has 0 spiro atoms. The molecule has 1 saturated carbocycles. The van der Waals surface area contributed by atoms with Crippen LogP contribution >= 0.6 is 12.4 Å². The van der Waals surface area contributed by atoms with Crippen molar-refractivity contribution in [3.63, 3.8) is 0 Å². The summed E-state index contributed by atoms with van der Waals surface area (Å²) in [6.07, 6.45) is -7.98. The van der Waals surface area contributed by atoms with Gasteiger partial charge < -0.3 is 5.32 Å². The molecule has 1 aliphatic carbocycles. The molecule has 0 unspecified atom stereocenters. The van der Waals surface area contributed by atoms with Gasteiger partial charge in [-0.1, -0.05) is 6.42 Å². The summed E-state index contributed by atoms with van der Waals surface area (Å²) in [5.41, 5.74) is -3.77. The number of benzene rings is 1. The van der Waals surface area contributed by atoms with Gasteiger partial charge in [-0.05, 0) is 30.9 Å². The maximum Gasteiger partial charge on any atom is 0.416 e. The molecule has 1 aromatic carbocycles. The minimum Gasteiger partial charge on any atom is -0.314 e. The van der Waals surface area contributed by atoms with Crippen LogP contribution in [0.2, 0.25) is 0 Å². The Morgan fingerprint density at radius 3 is 2.00 bits per heavy atom. The summed E-state index contributed by atoms with van der Waals surface area (Å²) in [6, 6.07) is -0.616. The fraction of sp³-hybridized carbons (Fsp3) is 0.647. The lowest BCUT2D eigenvalue weighted by Crippen LogP contribution is -2.48. The van der Waals surface area contributed by atoms with Crippen LogP contribution in [0.5, 0.6) is 0 Å². The van der Waals surface area contributed by atoms with Crippen LogP contribution in [0.3, 0.4) is 0 Å². The lowest BCUT2D eigenvalue weighted by atomic mass is 9.75. The van der Waals surface area contributed by atoms with Crippen molar-refractivity contribution >= 4 is 12.4 Å². The normalized spacial score (nSPS) is 20.7. The topological polar surface area (TPSA) is 15.3 Å². The summed E-state index contributed by atoms with van der Waals surface area (Å²) in [7, 11) is 0. The molecule has 0 bridgehead atoms. The zero-order chi connectivity index (χ0) is 19.1. The third-order valence-corrected chi connectivity index (χ3v) is 5.20. The first-order valence-corrected chi connectivity index (χ1v) is 8.51. The summed E-state index contributed by atoms with van der Waals surface area (Å²) in [6.45, 7) is 1.96. The van der Waals surface area contributed by atoms with E-state index < -0.39 is 40.9 Å². The smallest absolute Gasteiger partial charge is 0.314 e. The lowest BCUT2D eigenvalue weighted by Gasteiger charge is -2.44. The average Bonchev–Trinajstić information content (AvgIpc) is 2.49. The Morgan fingerprint density at radius 2 is 1.56 bits per heavy atom. The highest BCUT2D eigenvalue weighted by molar-refractivity contribution is 5.85. The van der Waals surface area contributed by atoms with E-state index in [0.29, 0.717) is 39.0 Å². The van der Waals surface area contributed by atoms with Crippen molar-refractivity contribution in [2.45, 2.75) is 37.7 Å². The SMILES string of the molecule is Cl.Fc1cc(C(F)(F)F)cc(C(F)(F)F)c1[C@H](C1CCC1)N1CCNCC1. The molecule has 1 aromatic rings. The first kappa shape index (κ1) is 22.2. The molecule has 0 amide bonds. The van der Waals surface area contributed by atoms with Crippen LogP contribution in [0.1, 0.15) is 42.0 Å². The molecular formula is C17H20ClF7N2. The molecule has 1 heterocycles. The maximum absolute atomic E-state index is 14.7. The summed E-state index contributed by atoms with van der Waals surface area (Å²) < 4.78 is 94.0. The first-order chi connectivity index (χ1) is 12.1. The molecule has 2 fully saturated rings. The van der Waals surface area contributed by atoms with E-state index in [9.17, 15) is 30.7 Å². The Labute approximate surface area is 158 Å². The van der Waals surface area contributed by atoms with E-state index in [-0.39, 0.29) is 30.5 Å². The molecule has 154 valence electrons. The number of rotatable bonds is 3. The van der Waals surface area contributed by atoms with Crippen LogP contribution in [0.25, 0.3) is 0 Å². The highest BCUT2D eigenvalue weighted by Gasteiger charge is 2.45. The quantitative estimate of drug-likeness (QED) is 0.690. The monoisotopic (exact) mass is 420 g/mol. The summed E-state index contributed by atoms with van der Waals surface area (Å²) in [5.74, 6) is -1.61. The molecule has 1 aliphatic heterocycles. The van der Waals surface area contributed by atoms with Gasteiger partial charge in [0.2, 0.25) is 0 Å². The Balaban J connectivity index is 0.00000261. The highest BCUT2D eigenvalue weighted by atomic mass is 35.5. The van der Waals surface area contributed by atoms with Crippen LogP contribution in [0, 0.1) is 11.7 Å². The molecule has 0 radical (unpaired) electrons. The summed E-state index contributed by atoms with van der Waals surface area (Å²) in [4.78, 5) is 1.77. The second-order valence-corrected chi connectivity index (χ2v) is 6.84. The largest absolute Gasteiger partial charge is 0.416 e. The molecular weight excluding hydrogens is 401 g/mol. The maximum atomic E-state index is 14.7. The summed E-state index contributed by atoms with van der Waals surface area (Å²) in [5, 5.41) is 3.08. The number of hydrogen-bond donors (Lipinski definition) is 1. The molecule has 1 N–H and O–H groups in total. The third-order valence-electron chi connectivity index (χ3n) is 5.20. The number of halogens is 8. The van der Waals surface area contributed by atoms with Gasteiger partial charge in [-0.3, -0.25) is 4.90 Å². The van der Waals surface area contributed by atoms with Gasteiger partial charge in [-0.15, -0.1) is 12.4 Å². The van der Waals surface area contributed by atoms with Gasteiger partial charge in [-0.2, -0.15) is 26.3 Å². The van der Waals surface area contributed by atoms with E-state index in [0.717, 1.165) is 6.42 Å². The van der Waals surface area contributed by atoms with Crippen molar-refractivity contribution in [3.8, 4) is 0 Å².